The maximum absolute atomic E-state index is 12.7. The molecule has 2 amide bonds. The number of likely N-dealkylation sites (tertiary alicyclic amines) is 1. The Morgan fingerprint density at radius 2 is 1.79 bits per heavy atom. The summed E-state index contributed by atoms with van der Waals surface area (Å²) in [6.45, 7) is 7.58. The highest BCUT2D eigenvalue weighted by molar-refractivity contribution is 9.10. The Morgan fingerprint density at radius 1 is 1.12 bits per heavy atom. The van der Waals surface area contributed by atoms with Gasteiger partial charge in [-0.2, -0.15) is 4.98 Å². The molecule has 0 unspecified atom stereocenters. The standard InChI is InChI=1S/C15H21BrN6O2/c1-2-12(23)20-5-3-11(4-6-20)13(24)21-7-9-22(10-8-21)15-17-14(16)18-19-15/h2,11H,1,3-10H2,(H,17,18,19). The average molecular weight is 397 g/mol. The zero-order chi connectivity index (χ0) is 17.1. The Morgan fingerprint density at radius 3 is 2.33 bits per heavy atom. The van der Waals surface area contributed by atoms with Gasteiger partial charge in [0.15, 0.2) is 4.73 Å². The number of nitrogens with one attached hydrogen (secondary N) is 1. The van der Waals surface area contributed by atoms with E-state index >= 15 is 0 Å². The minimum atomic E-state index is -0.0489. The molecule has 24 heavy (non-hydrogen) atoms. The van der Waals surface area contributed by atoms with E-state index in [9.17, 15) is 9.59 Å². The number of aromatic nitrogens is 3. The number of hydrogen-bond acceptors (Lipinski definition) is 5. The zero-order valence-electron chi connectivity index (χ0n) is 13.4. The van der Waals surface area contributed by atoms with Gasteiger partial charge in [-0.3, -0.25) is 14.7 Å². The van der Waals surface area contributed by atoms with E-state index in [0.717, 1.165) is 25.9 Å². The van der Waals surface area contributed by atoms with Crippen molar-refractivity contribution in [2.45, 2.75) is 12.8 Å². The first-order chi connectivity index (χ1) is 11.6. The summed E-state index contributed by atoms with van der Waals surface area (Å²) < 4.78 is 0.608. The molecular weight excluding hydrogens is 376 g/mol. The van der Waals surface area contributed by atoms with E-state index in [4.69, 9.17) is 0 Å². The van der Waals surface area contributed by atoms with Gasteiger partial charge in [0.25, 0.3) is 0 Å². The third-order valence-electron chi connectivity index (χ3n) is 4.65. The van der Waals surface area contributed by atoms with E-state index in [0.29, 0.717) is 36.9 Å². The number of halogens is 1. The number of nitrogens with zero attached hydrogens (tertiary/aromatic N) is 5. The van der Waals surface area contributed by atoms with Crippen molar-refractivity contribution in [3.8, 4) is 0 Å². The smallest absolute Gasteiger partial charge is 0.245 e. The number of carbonyl (C=O) groups is 2. The predicted molar refractivity (Wildman–Crippen MR) is 92.4 cm³/mol. The number of rotatable bonds is 3. The third kappa shape index (κ3) is 3.61. The fourth-order valence-corrected chi connectivity index (χ4v) is 3.48. The number of hydrogen-bond donors (Lipinski definition) is 1. The normalized spacial score (nSPS) is 19.5. The highest BCUT2D eigenvalue weighted by Gasteiger charge is 2.31. The average Bonchev–Trinajstić information content (AvgIpc) is 3.07. The van der Waals surface area contributed by atoms with E-state index in [1.165, 1.54) is 6.08 Å². The van der Waals surface area contributed by atoms with Crippen LogP contribution in [-0.2, 0) is 9.59 Å². The number of aromatic amines is 1. The van der Waals surface area contributed by atoms with Gasteiger partial charge in [0.2, 0.25) is 17.8 Å². The molecule has 9 heteroatoms. The Balaban J connectivity index is 1.49. The summed E-state index contributed by atoms with van der Waals surface area (Å²) in [4.78, 5) is 34.3. The molecule has 2 fully saturated rings. The zero-order valence-corrected chi connectivity index (χ0v) is 15.0. The Bertz CT molecular complexity index is 617. The number of piperazine rings is 1. The number of piperidine rings is 1. The van der Waals surface area contributed by atoms with Crippen molar-refractivity contribution in [2.24, 2.45) is 5.92 Å². The molecule has 0 saturated carbocycles. The number of H-pyrrole nitrogens is 1. The number of carbonyl (C=O) groups excluding carboxylic acids is 2. The molecule has 130 valence electrons. The van der Waals surface area contributed by atoms with Crippen molar-refractivity contribution < 1.29 is 9.59 Å². The lowest BCUT2D eigenvalue weighted by Gasteiger charge is -2.38. The van der Waals surface area contributed by atoms with Crippen LogP contribution in [0.1, 0.15) is 12.8 Å². The van der Waals surface area contributed by atoms with Crippen LogP contribution in [0.5, 0.6) is 0 Å². The number of anilines is 1. The second-order valence-electron chi connectivity index (χ2n) is 6.04. The lowest BCUT2D eigenvalue weighted by Crippen LogP contribution is -2.52. The van der Waals surface area contributed by atoms with Gasteiger partial charge >= 0.3 is 0 Å². The van der Waals surface area contributed by atoms with Crippen LogP contribution in [0.25, 0.3) is 0 Å². The topological polar surface area (TPSA) is 85.4 Å². The van der Waals surface area contributed by atoms with Gasteiger partial charge in [0.1, 0.15) is 0 Å². The van der Waals surface area contributed by atoms with Crippen LogP contribution >= 0.6 is 15.9 Å². The monoisotopic (exact) mass is 396 g/mol. The van der Waals surface area contributed by atoms with E-state index < -0.39 is 0 Å². The van der Waals surface area contributed by atoms with Crippen molar-refractivity contribution in [1.82, 2.24) is 25.0 Å². The van der Waals surface area contributed by atoms with E-state index in [1.54, 1.807) is 4.90 Å². The van der Waals surface area contributed by atoms with Crippen LogP contribution in [-0.4, -0.2) is 76.1 Å². The van der Waals surface area contributed by atoms with Gasteiger partial charge in [0.05, 0.1) is 0 Å². The highest BCUT2D eigenvalue weighted by atomic mass is 79.9. The van der Waals surface area contributed by atoms with E-state index in [1.807, 2.05) is 4.90 Å². The quantitative estimate of drug-likeness (QED) is 0.757. The molecule has 1 aromatic rings. The molecule has 8 nitrogen and oxygen atoms in total. The van der Waals surface area contributed by atoms with Gasteiger partial charge in [-0.05, 0) is 34.8 Å². The fraction of sp³-hybridized carbons (Fsp3) is 0.600. The van der Waals surface area contributed by atoms with Crippen LogP contribution in [0.3, 0.4) is 0 Å². The van der Waals surface area contributed by atoms with Crippen molar-refractivity contribution in [2.75, 3.05) is 44.2 Å². The van der Waals surface area contributed by atoms with Gasteiger partial charge in [-0.25, -0.2) is 0 Å². The molecule has 1 N–H and O–H groups in total. The van der Waals surface area contributed by atoms with Crippen LogP contribution in [0.4, 0.5) is 5.95 Å². The molecule has 2 aliphatic heterocycles. The summed E-state index contributed by atoms with van der Waals surface area (Å²) in [5.41, 5.74) is 0. The molecule has 1 aromatic heterocycles. The van der Waals surface area contributed by atoms with Gasteiger partial charge < -0.3 is 14.7 Å². The third-order valence-corrected chi connectivity index (χ3v) is 5.01. The molecule has 0 bridgehead atoms. The van der Waals surface area contributed by atoms with E-state index in [2.05, 4.69) is 42.6 Å². The van der Waals surface area contributed by atoms with Crippen molar-refractivity contribution >= 4 is 33.7 Å². The first-order valence-electron chi connectivity index (χ1n) is 8.11. The fourth-order valence-electron chi connectivity index (χ4n) is 3.24. The molecule has 3 rings (SSSR count). The summed E-state index contributed by atoms with van der Waals surface area (Å²) in [5.74, 6) is 0.831. The molecule has 2 aliphatic rings. The summed E-state index contributed by atoms with van der Waals surface area (Å²) in [5, 5.41) is 6.89. The van der Waals surface area contributed by atoms with Crippen molar-refractivity contribution in [1.29, 1.82) is 0 Å². The van der Waals surface area contributed by atoms with Gasteiger partial charge in [-0.1, -0.05) is 6.58 Å². The molecule has 0 radical (unpaired) electrons. The maximum Gasteiger partial charge on any atom is 0.245 e. The first-order valence-corrected chi connectivity index (χ1v) is 8.90. The number of amides is 2. The molecule has 3 heterocycles. The molecule has 0 atom stereocenters. The Labute approximate surface area is 149 Å². The maximum atomic E-state index is 12.7. The second-order valence-corrected chi connectivity index (χ2v) is 6.79. The lowest BCUT2D eigenvalue weighted by atomic mass is 9.95. The van der Waals surface area contributed by atoms with Gasteiger partial charge in [-0.15, -0.1) is 5.10 Å². The summed E-state index contributed by atoms with van der Waals surface area (Å²) in [7, 11) is 0. The van der Waals surface area contributed by atoms with Crippen LogP contribution in [0.15, 0.2) is 17.4 Å². The van der Waals surface area contributed by atoms with Crippen molar-refractivity contribution in [3.63, 3.8) is 0 Å². The summed E-state index contributed by atoms with van der Waals surface area (Å²) in [6, 6.07) is 0. The molecule has 0 aliphatic carbocycles. The first kappa shape index (κ1) is 16.9. The van der Waals surface area contributed by atoms with Gasteiger partial charge in [0, 0.05) is 45.2 Å². The SMILES string of the molecule is C=CC(=O)N1CCC(C(=O)N2CCN(c3n[nH]c(Br)n3)CC2)CC1. The molecule has 0 spiro atoms. The second kappa shape index (κ2) is 7.33. The minimum absolute atomic E-state index is 0.0167. The predicted octanol–water partition coefficient (Wildman–Crippen LogP) is 0.640. The van der Waals surface area contributed by atoms with Crippen LogP contribution in [0.2, 0.25) is 0 Å². The highest BCUT2D eigenvalue weighted by Crippen LogP contribution is 2.21. The Kier molecular flexibility index (Phi) is 5.17. The van der Waals surface area contributed by atoms with Crippen LogP contribution in [0, 0.1) is 5.92 Å². The molecule has 2 saturated heterocycles. The summed E-state index contributed by atoms with van der Waals surface area (Å²) in [6.07, 6.45) is 2.79. The van der Waals surface area contributed by atoms with Crippen LogP contribution < -0.4 is 4.90 Å². The molecular formula is C15H21BrN6O2. The van der Waals surface area contributed by atoms with Crippen molar-refractivity contribution in [3.05, 3.63) is 17.4 Å². The minimum Gasteiger partial charge on any atom is -0.339 e. The summed E-state index contributed by atoms with van der Waals surface area (Å²) >= 11 is 3.25. The molecule has 0 aromatic carbocycles. The van der Waals surface area contributed by atoms with E-state index in [-0.39, 0.29) is 17.7 Å². The largest absolute Gasteiger partial charge is 0.339 e. The lowest BCUT2D eigenvalue weighted by molar-refractivity contribution is -0.139. The Hall–Kier alpha value is -1.90.